The Hall–Kier alpha value is 0.270. The Morgan fingerprint density at radius 2 is 1.59 bits per heavy atom. The van der Waals surface area contributed by atoms with Crippen molar-refractivity contribution < 1.29 is 0 Å². The van der Waals surface area contributed by atoms with Crippen LogP contribution in [-0.4, -0.2) is 40.1 Å². The van der Waals surface area contributed by atoms with E-state index in [2.05, 4.69) is 23.6 Å². The summed E-state index contributed by atoms with van der Waals surface area (Å²) in [7, 11) is 0. The molecular formula is C14H26N2S. The Morgan fingerprint density at radius 1 is 1.00 bits per heavy atom. The molecule has 1 saturated carbocycles. The number of fused-ring (bicyclic) bond motifs is 2. The van der Waals surface area contributed by atoms with Gasteiger partial charge >= 0.3 is 0 Å². The molecule has 2 aliphatic heterocycles. The highest BCUT2D eigenvalue weighted by atomic mass is 32.2. The summed E-state index contributed by atoms with van der Waals surface area (Å²) in [5.41, 5.74) is 6.16. The molecule has 0 aromatic heterocycles. The van der Waals surface area contributed by atoms with Crippen LogP contribution in [0.25, 0.3) is 0 Å². The molecule has 1 aliphatic carbocycles. The summed E-state index contributed by atoms with van der Waals surface area (Å²) in [4.78, 5) is 2.89. The quantitative estimate of drug-likeness (QED) is 0.839. The first kappa shape index (κ1) is 12.3. The highest BCUT2D eigenvalue weighted by Gasteiger charge is 2.44. The van der Waals surface area contributed by atoms with Crippen molar-refractivity contribution in [2.24, 2.45) is 5.73 Å². The van der Waals surface area contributed by atoms with Gasteiger partial charge in [-0.2, -0.15) is 11.8 Å². The third kappa shape index (κ3) is 2.39. The first-order chi connectivity index (χ1) is 8.28. The minimum atomic E-state index is 0.492. The number of hydrogen-bond donors (Lipinski definition) is 1. The van der Waals surface area contributed by atoms with E-state index in [-0.39, 0.29) is 0 Å². The molecule has 3 aliphatic rings. The average molecular weight is 254 g/mol. The summed E-state index contributed by atoms with van der Waals surface area (Å²) in [6.45, 7) is 2.29. The number of thioether (sulfide) groups is 1. The third-order valence-corrected chi connectivity index (χ3v) is 6.24. The fourth-order valence-corrected chi connectivity index (χ4v) is 5.56. The van der Waals surface area contributed by atoms with E-state index in [9.17, 15) is 0 Å². The fourth-order valence-electron chi connectivity index (χ4n) is 4.43. The molecule has 0 amide bonds. The molecule has 2 nitrogen and oxygen atoms in total. The summed E-state index contributed by atoms with van der Waals surface area (Å²) in [5, 5.41) is 0.944. The van der Waals surface area contributed by atoms with Crippen LogP contribution >= 0.6 is 11.8 Å². The lowest BCUT2D eigenvalue weighted by molar-refractivity contribution is 0.0803. The highest BCUT2D eigenvalue weighted by molar-refractivity contribution is 7.99. The third-order valence-electron chi connectivity index (χ3n) is 5.01. The molecule has 0 aromatic carbocycles. The van der Waals surface area contributed by atoms with Crippen LogP contribution in [0.4, 0.5) is 0 Å². The van der Waals surface area contributed by atoms with Crippen molar-refractivity contribution in [3.63, 3.8) is 0 Å². The first-order valence-corrected chi connectivity index (χ1v) is 8.47. The zero-order valence-corrected chi connectivity index (χ0v) is 11.8. The van der Waals surface area contributed by atoms with Crippen LogP contribution in [0.2, 0.25) is 0 Å². The first-order valence-electron chi connectivity index (χ1n) is 7.42. The Labute approximate surface area is 110 Å². The molecular weight excluding hydrogens is 228 g/mol. The van der Waals surface area contributed by atoms with E-state index in [1.165, 1.54) is 50.7 Å². The molecule has 2 bridgehead atoms. The smallest absolute Gasteiger partial charge is 0.0116 e. The SMILES string of the molecule is CCSC1CCC(N2C3CCC2CC(N)C3)C1. The molecule has 0 aromatic rings. The van der Waals surface area contributed by atoms with E-state index in [0.717, 1.165) is 23.4 Å². The van der Waals surface area contributed by atoms with Gasteiger partial charge in [-0.05, 0) is 50.7 Å². The fraction of sp³-hybridized carbons (Fsp3) is 1.00. The summed E-state index contributed by atoms with van der Waals surface area (Å²) >= 11 is 2.18. The van der Waals surface area contributed by atoms with Gasteiger partial charge in [0.2, 0.25) is 0 Å². The van der Waals surface area contributed by atoms with Gasteiger partial charge in [0.05, 0.1) is 0 Å². The van der Waals surface area contributed by atoms with E-state index in [4.69, 9.17) is 5.73 Å². The lowest BCUT2D eigenvalue weighted by atomic mass is 9.96. The van der Waals surface area contributed by atoms with Crippen LogP contribution < -0.4 is 5.73 Å². The van der Waals surface area contributed by atoms with Crippen LogP contribution in [0.3, 0.4) is 0 Å². The number of nitrogens with two attached hydrogens (primary N) is 1. The van der Waals surface area contributed by atoms with Gasteiger partial charge in [-0.3, -0.25) is 4.90 Å². The molecule has 2 saturated heterocycles. The van der Waals surface area contributed by atoms with Crippen molar-refractivity contribution in [2.75, 3.05) is 5.75 Å². The zero-order valence-electron chi connectivity index (χ0n) is 11.0. The lowest BCUT2D eigenvalue weighted by Crippen LogP contribution is -2.51. The predicted molar refractivity (Wildman–Crippen MR) is 75.4 cm³/mol. The molecule has 2 N–H and O–H groups in total. The van der Waals surface area contributed by atoms with E-state index < -0.39 is 0 Å². The molecule has 0 radical (unpaired) electrons. The van der Waals surface area contributed by atoms with Gasteiger partial charge < -0.3 is 5.73 Å². The van der Waals surface area contributed by atoms with Gasteiger partial charge in [0.15, 0.2) is 0 Å². The van der Waals surface area contributed by atoms with Crippen molar-refractivity contribution in [1.29, 1.82) is 0 Å². The number of piperidine rings is 1. The monoisotopic (exact) mass is 254 g/mol. The molecule has 0 spiro atoms. The van der Waals surface area contributed by atoms with Crippen LogP contribution in [0.1, 0.15) is 51.9 Å². The number of rotatable bonds is 3. The Kier molecular flexibility index (Phi) is 3.69. The maximum absolute atomic E-state index is 6.16. The largest absolute Gasteiger partial charge is 0.328 e. The van der Waals surface area contributed by atoms with Crippen molar-refractivity contribution in [1.82, 2.24) is 4.90 Å². The van der Waals surface area contributed by atoms with Crippen molar-refractivity contribution in [3.05, 3.63) is 0 Å². The summed E-state index contributed by atoms with van der Waals surface area (Å²) in [6, 6.07) is 3.05. The second-order valence-corrected chi connectivity index (χ2v) is 7.69. The van der Waals surface area contributed by atoms with Crippen LogP contribution in [0.15, 0.2) is 0 Å². The minimum Gasteiger partial charge on any atom is -0.328 e. The van der Waals surface area contributed by atoms with Gasteiger partial charge in [0.25, 0.3) is 0 Å². The second-order valence-electron chi connectivity index (χ2n) is 6.11. The highest BCUT2D eigenvalue weighted by Crippen LogP contribution is 2.42. The number of nitrogens with zero attached hydrogens (tertiary/aromatic N) is 1. The average Bonchev–Trinajstić information content (AvgIpc) is 2.83. The van der Waals surface area contributed by atoms with Gasteiger partial charge in [-0.1, -0.05) is 6.92 Å². The maximum atomic E-state index is 6.16. The Bertz CT molecular complexity index is 257. The summed E-state index contributed by atoms with van der Waals surface area (Å²) in [5.74, 6) is 1.29. The Morgan fingerprint density at radius 3 is 2.24 bits per heavy atom. The second kappa shape index (κ2) is 5.10. The Balaban J connectivity index is 1.62. The van der Waals surface area contributed by atoms with E-state index >= 15 is 0 Å². The topological polar surface area (TPSA) is 29.3 Å². The maximum Gasteiger partial charge on any atom is 0.0116 e. The predicted octanol–water partition coefficient (Wildman–Crippen LogP) is 2.61. The lowest BCUT2D eigenvalue weighted by Gasteiger charge is -2.41. The molecule has 3 fully saturated rings. The molecule has 4 unspecified atom stereocenters. The van der Waals surface area contributed by atoms with Gasteiger partial charge in [0.1, 0.15) is 0 Å². The summed E-state index contributed by atoms with van der Waals surface area (Å²) < 4.78 is 0. The van der Waals surface area contributed by atoms with E-state index in [1.54, 1.807) is 0 Å². The zero-order chi connectivity index (χ0) is 11.8. The van der Waals surface area contributed by atoms with Gasteiger partial charge in [0, 0.05) is 29.4 Å². The molecule has 3 rings (SSSR count). The molecule has 3 heteroatoms. The normalized spacial score (nSPS) is 46.6. The van der Waals surface area contributed by atoms with Crippen molar-refractivity contribution >= 4 is 11.8 Å². The number of hydrogen-bond acceptors (Lipinski definition) is 3. The molecule has 98 valence electrons. The van der Waals surface area contributed by atoms with E-state index in [0.29, 0.717) is 6.04 Å². The van der Waals surface area contributed by atoms with Gasteiger partial charge in [-0.15, -0.1) is 0 Å². The minimum absolute atomic E-state index is 0.492. The van der Waals surface area contributed by atoms with Crippen LogP contribution in [0.5, 0.6) is 0 Å². The molecule has 2 heterocycles. The summed E-state index contributed by atoms with van der Waals surface area (Å²) in [6.07, 6.45) is 9.70. The van der Waals surface area contributed by atoms with E-state index in [1.807, 2.05) is 0 Å². The standard InChI is InChI=1S/C14H26N2S/c1-2-17-14-6-5-13(9-14)16-11-3-4-12(16)8-10(15)7-11/h10-14H,2-9,15H2,1H3. The molecule has 17 heavy (non-hydrogen) atoms. The van der Waals surface area contributed by atoms with Crippen molar-refractivity contribution in [2.45, 2.75) is 81.3 Å². The van der Waals surface area contributed by atoms with Crippen molar-refractivity contribution in [3.8, 4) is 0 Å². The van der Waals surface area contributed by atoms with Gasteiger partial charge in [-0.25, -0.2) is 0 Å². The van der Waals surface area contributed by atoms with Crippen LogP contribution in [-0.2, 0) is 0 Å². The molecule has 4 atom stereocenters. The van der Waals surface area contributed by atoms with Crippen LogP contribution in [0, 0.1) is 0 Å².